The molecule has 1 aromatic rings. The van der Waals surface area contributed by atoms with Crippen molar-refractivity contribution in [1.29, 1.82) is 0 Å². The zero-order valence-corrected chi connectivity index (χ0v) is 12.7. The maximum absolute atomic E-state index is 8.77. The Hall–Kier alpha value is -0.875. The smallest absolute Gasteiger partial charge is 0.427 e. The van der Waals surface area contributed by atoms with E-state index in [2.05, 4.69) is 29.6 Å². The lowest BCUT2D eigenvalue weighted by molar-refractivity contribution is 0.399. The molecule has 1 aromatic carbocycles. The minimum absolute atomic E-state index is 0.206. The van der Waals surface area contributed by atoms with Gasteiger partial charge in [0.25, 0.3) is 0 Å². The average molecular weight is 290 g/mol. The van der Waals surface area contributed by atoms with Crippen LogP contribution in [0.2, 0.25) is 6.32 Å². The zero-order valence-electron chi connectivity index (χ0n) is 12.7. The highest BCUT2D eigenvalue weighted by molar-refractivity contribution is 6.40. The molecule has 1 unspecified atom stereocenters. The first kappa shape index (κ1) is 16.5. The Morgan fingerprint density at radius 2 is 1.81 bits per heavy atom. The number of nitrogens with two attached hydrogens (primary N) is 1. The van der Waals surface area contributed by atoms with Crippen LogP contribution < -0.4 is 11.1 Å². The third-order valence-electron chi connectivity index (χ3n) is 4.29. The molecule has 0 aromatic heterocycles. The first-order valence-corrected chi connectivity index (χ1v) is 8.07. The van der Waals surface area contributed by atoms with Crippen LogP contribution in [0.5, 0.6) is 0 Å². The van der Waals surface area contributed by atoms with Gasteiger partial charge in [-0.3, -0.25) is 0 Å². The SMILES string of the molecule is NC(CCCCB(O)O)CCNC1Cc2ccccc2C1. The summed E-state index contributed by atoms with van der Waals surface area (Å²) in [6.45, 7) is 0.961. The maximum atomic E-state index is 8.77. The Labute approximate surface area is 127 Å². The van der Waals surface area contributed by atoms with Crippen LogP contribution in [0.1, 0.15) is 36.8 Å². The summed E-state index contributed by atoms with van der Waals surface area (Å²) in [4.78, 5) is 0. The van der Waals surface area contributed by atoms with E-state index in [0.717, 1.165) is 45.1 Å². The first-order chi connectivity index (χ1) is 10.1. The van der Waals surface area contributed by atoms with Crippen LogP contribution in [-0.4, -0.2) is 35.8 Å². The second-order valence-corrected chi connectivity index (χ2v) is 6.14. The van der Waals surface area contributed by atoms with E-state index in [1.165, 1.54) is 11.1 Å². The highest BCUT2D eigenvalue weighted by atomic mass is 16.4. The maximum Gasteiger partial charge on any atom is 0.451 e. The summed E-state index contributed by atoms with van der Waals surface area (Å²) in [6.07, 6.45) is 6.43. The predicted octanol–water partition coefficient (Wildman–Crippen LogP) is 1.10. The van der Waals surface area contributed by atoms with Gasteiger partial charge in [-0.05, 0) is 49.7 Å². The van der Waals surface area contributed by atoms with Crippen molar-refractivity contribution in [3.8, 4) is 0 Å². The first-order valence-electron chi connectivity index (χ1n) is 8.07. The van der Waals surface area contributed by atoms with Crippen molar-refractivity contribution in [2.24, 2.45) is 5.73 Å². The lowest BCUT2D eigenvalue weighted by Crippen LogP contribution is -2.34. The Bertz CT molecular complexity index is 403. The minimum atomic E-state index is -1.17. The summed E-state index contributed by atoms with van der Waals surface area (Å²) >= 11 is 0. The number of unbranched alkanes of at least 4 members (excludes halogenated alkanes) is 1. The second kappa shape index (κ2) is 8.54. The van der Waals surface area contributed by atoms with Crippen molar-refractivity contribution in [2.45, 2.75) is 56.9 Å². The number of benzene rings is 1. The molecule has 0 saturated carbocycles. The summed E-state index contributed by atoms with van der Waals surface area (Å²) in [5, 5.41) is 21.1. The topological polar surface area (TPSA) is 78.5 Å². The molecule has 1 aliphatic carbocycles. The number of rotatable bonds is 9. The number of hydrogen-bond acceptors (Lipinski definition) is 4. The van der Waals surface area contributed by atoms with Crippen molar-refractivity contribution >= 4 is 7.12 Å². The molecule has 0 fully saturated rings. The summed E-state index contributed by atoms with van der Waals surface area (Å²) in [6, 6.07) is 9.42. The Morgan fingerprint density at radius 1 is 1.14 bits per heavy atom. The van der Waals surface area contributed by atoms with E-state index in [1.54, 1.807) is 0 Å². The molecule has 2 rings (SSSR count). The van der Waals surface area contributed by atoms with E-state index >= 15 is 0 Å². The highest BCUT2D eigenvalue weighted by Gasteiger charge is 2.20. The van der Waals surface area contributed by atoms with Gasteiger partial charge in [-0.1, -0.05) is 37.1 Å². The van der Waals surface area contributed by atoms with Crippen LogP contribution in [0.3, 0.4) is 0 Å². The van der Waals surface area contributed by atoms with Crippen LogP contribution in [0.4, 0.5) is 0 Å². The fourth-order valence-electron chi connectivity index (χ4n) is 3.05. The van der Waals surface area contributed by atoms with Crippen molar-refractivity contribution in [3.05, 3.63) is 35.4 Å². The van der Waals surface area contributed by atoms with Crippen molar-refractivity contribution in [3.63, 3.8) is 0 Å². The molecule has 1 aliphatic rings. The molecule has 4 nitrogen and oxygen atoms in total. The van der Waals surface area contributed by atoms with E-state index in [0.29, 0.717) is 12.4 Å². The third kappa shape index (κ3) is 5.79. The molecule has 5 N–H and O–H groups in total. The molecule has 116 valence electrons. The molecule has 21 heavy (non-hydrogen) atoms. The molecule has 5 heteroatoms. The minimum Gasteiger partial charge on any atom is -0.427 e. The number of fused-ring (bicyclic) bond motifs is 1. The molecular weight excluding hydrogens is 263 g/mol. The van der Waals surface area contributed by atoms with Crippen LogP contribution in [-0.2, 0) is 12.8 Å². The quantitative estimate of drug-likeness (QED) is 0.406. The highest BCUT2D eigenvalue weighted by Crippen LogP contribution is 2.21. The lowest BCUT2D eigenvalue weighted by Gasteiger charge is -2.15. The lowest BCUT2D eigenvalue weighted by atomic mass is 9.83. The molecule has 0 saturated heterocycles. The molecule has 1 atom stereocenters. The Kier molecular flexibility index (Phi) is 6.71. The van der Waals surface area contributed by atoms with E-state index < -0.39 is 7.12 Å². The van der Waals surface area contributed by atoms with Gasteiger partial charge in [0.1, 0.15) is 0 Å². The Morgan fingerprint density at radius 3 is 2.43 bits per heavy atom. The van der Waals surface area contributed by atoms with E-state index in [1.807, 2.05) is 0 Å². The summed E-state index contributed by atoms with van der Waals surface area (Å²) in [5.41, 5.74) is 9.04. The fraction of sp³-hybridized carbons (Fsp3) is 0.625. The van der Waals surface area contributed by atoms with Crippen molar-refractivity contribution < 1.29 is 10.0 Å². The normalized spacial score (nSPS) is 16.0. The van der Waals surface area contributed by atoms with Crippen LogP contribution in [0.15, 0.2) is 24.3 Å². The van der Waals surface area contributed by atoms with Crippen LogP contribution in [0.25, 0.3) is 0 Å². The molecule has 0 aliphatic heterocycles. The number of nitrogens with one attached hydrogen (secondary N) is 1. The summed E-state index contributed by atoms with van der Waals surface area (Å²) in [7, 11) is -1.17. The largest absolute Gasteiger partial charge is 0.451 e. The summed E-state index contributed by atoms with van der Waals surface area (Å²) < 4.78 is 0. The van der Waals surface area contributed by atoms with Crippen LogP contribution >= 0.6 is 0 Å². The molecule has 0 spiro atoms. The van der Waals surface area contributed by atoms with Gasteiger partial charge in [-0.15, -0.1) is 0 Å². The molecule has 0 bridgehead atoms. The van der Waals surface area contributed by atoms with E-state index in [9.17, 15) is 0 Å². The molecule has 0 heterocycles. The monoisotopic (exact) mass is 290 g/mol. The fourth-order valence-corrected chi connectivity index (χ4v) is 3.05. The van der Waals surface area contributed by atoms with Gasteiger partial charge in [0, 0.05) is 12.1 Å². The molecule has 0 radical (unpaired) electrons. The second-order valence-electron chi connectivity index (χ2n) is 6.14. The predicted molar refractivity (Wildman–Crippen MR) is 87.1 cm³/mol. The average Bonchev–Trinajstić information content (AvgIpc) is 2.86. The van der Waals surface area contributed by atoms with Crippen LogP contribution in [0, 0.1) is 0 Å². The van der Waals surface area contributed by atoms with Gasteiger partial charge in [-0.25, -0.2) is 0 Å². The standard InChI is InChI=1S/C16H27BN2O2/c18-15(7-3-4-9-17(20)21)8-10-19-16-11-13-5-1-2-6-14(13)12-16/h1-2,5-6,15-16,19-21H,3-4,7-12,18H2. The number of hydrogen-bond donors (Lipinski definition) is 4. The van der Waals surface area contributed by atoms with Gasteiger partial charge < -0.3 is 21.1 Å². The molecule has 0 amide bonds. The van der Waals surface area contributed by atoms with Gasteiger partial charge >= 0.3 is 7.12 Å². The van der Waals surface area contributed by atoms with Gasteiger partial charge in [-0.2, -0.15) is 0 Å². The zero-order chi connectivity index (χ0) is 15.1. The summed E-state index contributed by atoms with van der Waals surface area (Å²) in [5.74, 6) is 0. The Balaban J connectivity index is 1.54. The third-order valence-corrected chi connectivity index (χ3v) is 4.29. The molecular formula is C16H27BN2O2. The van der Waals surface area contributed by atoms with E-state index in [-0.39, 0.29) is 6.04 Å². The van der Waals surface area contributed by atoms with Gasteiger partial charge in [0.05, 0.1) is 0 Å². The van der Waals surface area contributed by atoms with Gasteiger partial charge in [0.2, 0.25) is 0 Å². The van der Waals surface area contributed by atoms with Crippen molar-refractivity contribution in [1.82, 2.24) is 5.32 Å². The van der Waals surface area contributed by atoms with Gasteiger partial charge in [0.15, 0.2) is 0 Å². The van der Waals surface area contributed by atoms with E-state index in [4.69, 9.17) is 15.8 Å². The van der Waals surface area contributed by atoms with Crippen molar-refractivity contribution in [2.75, 3.05) is 6.54 Å².